The third-order valence-corrected chi connectivity index (χ3v) is 1.86. The summed E-state index contributed by atoms with van der Waals surface area (Å²) in [4.78, 5) is -0.278. The molecule has 1 saturated heterocycles. The van der Waals surface area contributed by atoms with Crippen LogP contribution < -0.4 is 4.74 Å². The van der Waals surface area contributed by atoms with E-state index in [1.54, 1.807) is 0 Å². The molecule has 1 atom stereocenters. The Morgan fingerprint density at radius 1 is 1.31 bits per heavy atom. The summed E-state index contributed by atoms with van der Waals surface area (Å²) in [7, 11) is 0. The monoisotopic (exact) mass is 596 g/mol. The first-order chi connectivity index (χ1) is 7.58. The van der Waals surface area contributed by atoms with E-state index in [0.717, 1.165) is 12.4 Å². The Morgan fingerprint density at radius 2 is 1.81 bits per heavy atom. The van der Waals surface area contributed by atoms with E-state index in [-0.39, 0.29) is 4.92 Å². The van der Waals surface area contributed by atoms with Gasteiger partial charge in [0.25, 0.3) is 0 Å². The number of epoxide rings is 1. The Labute approximate surface area is 134 Å². The molecule has 1 fully saturated rings. The first kappa shape index (κ1) is 15.8. The molecule has 1 aliphatic rings. The van der Waals surface area contributed by atoms with Gasteiger partial charge in [-0.1, -0.05) is 17.7 Å². The molecule has 0 bridgehead atoms. The average Bonchev–Trinajstić information content (AvgIpc) is 3.00. The normalized spacial score (nSPS) is 17.7. The van der Waals surface area contributed by atoms with Crippen LogP contribution in [0.2, 0.25) is 0 Å². The quantitative estimate of drug-likeness (QED) is 0.381. The fraction of sp³-hybridized carbons (Fsp3) is 0.400. The van der Waals surface area contributed by atoms with Crippen molar-refractivity contribution in [3.8, 4) is 5.75 Å². The van der Waals surface area contributed by atoms with Crippen molar-refractivity contribution < 1.29 is 14.4 Å². The molecular weight excluding hydrogens is 584 g/mol. The molecule has 1 aromatic rings. The summed E-state index contributed by atoms with van der Waals surface area (Å²) >= 11 is 7.39. The van der Waals surface area contributed by atoms with E-state index >= 15 is 0 Å². The number of hydrogen-bond acceptors (Lipinski definition) is 2. The molecular formula is C10H12I3O2V. The summed E-state index contributed by atoms with van der Waals surface area (Å²) in [5, 5.41) is 0. The summed E-state index contributed by atoms with van der Waals surface area (Å²) in [5.74, 6) is 0.927. The molecule has 0 N–H and O–H groups in total. The van der Waals surface area contributed by atoms with Gasteiger partial charge in [-0.05, 0) is 19.1 Å². The molecule has 2 rings (SSSR count). The van der Waals surface area contributed by atoms with Gasteiger partial charge in [0.2, 0.25) is 0 Å². The molecule has 1 unspecified atom stereocenters. The van der Waals surface area contributed by atoms with Gasteiger partial charge in [0, 0.05) is 0 Å². The maximum atomic E-state index is 5.46. The minimum absolute atomic E-state index is 0.278. The predicted octanol–water partition coefficient (Wildman–Crippen LogP) is 4.43. The van der Waals surface area contributed by atoms with Crippen molar-refractivity contribution in [1.82, 2.24) is 0 Å². The Bertz CT molecular complexity index is 299. The Kier molecular flexibility index (Phi) is 8.68. The van der Waals surface area contributed by atoms with Crippen molar-refractivity contribution in [3.05, 3.63) is 29.8 Å². The molecule has 1 aliphatic heterocycles. The summed E-state index contributed by atoms with van der Waals surface area (Å²) in [5.41, 5.74) is 1.25. The van der Waals surface area contributed by atoms with E-state index in [1.807, 2.05) is 24.3 Å². The third-order valence-electron chi connectivity index (χ3n) is 1.86. The number of hydrogen-bond donors (Lipinski definition) is 0. The number of aryl methyl sites for hydroxylation is 1. The molecule has 0 aromatic heterocycles. The number of ether oxygens (including phenoxy) is 2. The van der Waals surface area contributed by atoms with Crippen LogP contribution in [0.3, 0.4) is 0 Å². The number of benzene rings is 1. The molecule has 0 saturated carbocycles. The van der Waals surface area contributed by atoms with Crippen molar-refractivity contribution in [2.24, 2.45) is 0 Å². The topological polar surface area (TPSA) is 21.8 Å². The van der Waals surface area contributed by atoms with Crippen LogP contribution in [0.5, 0.6) is 5.75 Å². The van der Waals surface area contributed by atoms with E-state index < -0.39 is 0 Å². The van der Waals surface area contributed by atoms with Crippen molar-refractivity contribution in [3.63, 3.8) is 0 Å². The SMILES string of the molecule is Cc1ccc(OCC2CO2)cc1.[I][V]([I])[I]. The number of halogens is 3. The first-order valence-electron chi connectivity index (χ1n) is 4.66. The standard InChI is InChI=1S/C10H12O2.3HI.V/c1-8-2-4-9(5-3-8)11-6-10-7-12-10;;;;/h2-5,10H,6-7H2,1H3;3*1H;/q;;;;+3/p-3. The van der Waals surface area contributed by atoms with Gasteiger partial charge in [-0.15, -0.1) is 0 Å². The van der Waals surface area contributed by atoms with Gasteiger partial charge < -0.3 is 9.47 Å². The van der Waals surface area contributed by atoms with Crippen molar-refractivity contribution >= 4 is 59.9 Å². The molecule has 90 valence electrons. The van der Waals surface area contributed by atoms with Crippen LogP contribution >= 0.6 is 59.9 Å². The van der Waals surface area contributed by atoms with Gasteiger partial charge in [0.05, 0.1) is 6.61 Å². The summed E-state index contributed by atoms with van der Waals surface area (Å²) in [6, 6.07) is 8.06. The molecule has 6 heteroatoms. The van der Waals surface area contributed by atoms with Crippen molar-refractivity contribution in [1.29, 1.82) is 0 Å². The molecule has 16 heavy (non-hydrogen) atoms. The third kappa shape index (κ3) is 8.79. The van der Waals surface area contributed by atoms with Gasteiger partial charge in [-0.3, -0.25) is 0 Å². The van der Waals surface area contributed by atoms with Gasteiger partial charge in [0.1, 0.15) is 18.5 Å². The fourth-order valence-corrected chi connectivity index (χ4v) is 0.988. The Balaban J connectivity index is 0.000000280. The van der Waals surface area contributed by atoms with Crippen LogP contribution in [0.25, 0.3) is 0 Å². The second kappa shape index (κ2) is 8.79. The molecule has 1 aromatic carbocycles. The summed E-state index contributed by atoms with van der Waals surface area (Å²) in [6.07, 6.45) is 0.339. The van der Waals surface area contributed by atoms with Gasteiger partial charge in [-0.25, -0.2) is 0 Å². The van der Waals surface area contributed by atoms with Gasteiger partial charge in [0.15, 0.2) is 0 Å². The molecule has 0 radical (unpaired) electrons. The zero-order valence-electron chi connectivity index (χ0n) is 8.70. The second-order valence-corrected chi connectivity index (χ2v) is 38.6. The predicted molar refractivity (Wildman–Crippen MR) is 88.5 cm³/mol. The average molecular weight is 596 g/mol. The van der Waals surface area contributed by atoms with E-state index in [1.165, 1.54) is 5.56 Å². The van der Waals surface area contributed by atoms with E-state index in [0.29, 0.717) is 12.7 Å². The zero-order valence-corrected chi connectivity index (χ0v) is 16.6. The van der Waals surface area contributed by atoms with Gasteiger partial charge in [-0.2, -0.15) is 0 Å². The molecule has 0 amide bonds. The van der Waals surface area contributed by atoms with Crippen molar-refractivity contribution in [2.75, 3.05) is 13.2 Å². The summed E-state index contributed by atoms with van der Waals surface area (Å²) in [6.45, 7) is 3.60. The summed E-state index contributed by atoms with van der Waals surface area (Å²) < 4.78 is 10.5. The van der Waals surface area contributed by atoms with Crippen LogP contribution in [0.4, 0.5) is 0 Å². The number of rotatable bonds is 3. The van der Waals surface area contributed by atoms with Gasteiger partial charge >= 0.3 is 64.9 Å². The fourth-order valence-electron chi connectivity index (χ4n) is 0.988. The van der Waals surface area contributed by atoms with Crippen LogP contribution in [-0.2, 0) is 9.66 Å². The molecule has 0 aliphatic carbocycles. The van der Waals surface area contributed by atoms with E-state index in [4.69, 9.17) is 9.47 Å². The van der Waals surface area contributed by atoms with E-state index in [2.05, 4.69) is 66.9 Å². The second-order valence-electron chi connectivity index (χ2n) is 3.27. The molecule has 2 nitrogen and oxygen atoms in total. The van der Waals surface area contributed by atoms with Crippen LogP contribution in [-0.4, -0.2) is 19.3 Å². The molecule has 0 spiro atoms. The van der Waals surface area contributed by atoms with E-state index in [9.17, 15) is 0 Å². The maximum absolute atomic E-state index is 5.46. The first-order valence-corrected chi connectivity index (χ1v) is 18.2. The van der Waals surface area contributed by atoms with Crippen LogP contribution in [0.1, 0.15) is 5.56 Å². The zero-order chi connectivity index (χ0) is 12.0. The minimum atomic E-state index is -0.278. The molecule has 1 heterocycles. The van der Waals surface area contributed by atoms with Crippen LogP contribution in [0, 0.1) is 6.92 Å². The van der Waals surface area contributed by atoms with Crippen LogP contribution in [0.15, 0.2) is 24.3 Å². The Morgan fingerprint density at radius 3 is 2.25 bits per heavy atom. The Hall–Kier alpha value is 1.75. The van der Waals surface area contributed by atoms with Crippen molar-refractivity contribution in [2.45, 2.75) is 13.0 Å².